The third kappa shape index (κ3) is 4.49. The summed E-state index contributed by atoms with van der Waals surface area (Å²) < 4.78 is 0. The molecule has 0 saturated carbocycles. The molecule has 0 atom stereocenters. The van der Waals surface area contributed by atoms with E-state index < -0.39 is 21.4 Å². The number of aromatic nitrogens is 2. The average molecular weight is 445 g/mol. The molecule has 1 amide bonds. The quantitative estimate of drug-likeness (QED) is 0.282. The summed E-state index contributed by atoms with van der Waals surface area (Å²) >= 11 is 0. The summed E-state index contributed by atoms with van der Waals surface area (Å²) in [7, 11) is 0. The summed E-state index contributed by atoms with van der Waals surface area (Å²) in [6.45, 7) is 0. The summed E-state index contributed by atoms with van der Waals surface area (Å²) in [6, 6.07) is 17.9. The van der Waals surface area contributed by atoms with E-state index in [-0.39, 0.29) is 23.0 Å². The number of nitrogens with zero attached hydrogens (tertiary/aromatic N) is 4. The minimum Gasteiger partial charge on any atom is -0.334 e. The molecule has 0 aliphatic heterocycles. The predicted molar refractivity (Wildman–Crippen MR) is 120 cm³/mol. The van der Waals surface area contributed by atoms with Crippen LogP contribution in [0, 0.1) is 20.2 Å². The highest BCUT2D eigenvalue weighted by Crippen LogP contribution is 2.31. The van der Waals surface area contributed by atoms with Crippen LogP contribution in [0.3, 0.4) is 0 Å². The van der Waals surface area contributed by atoms with Crippen molar-refractivity contribution in [1.29, 1.82) is 0 Å². The summed E-state index contributed by atoms with van der Waals surface area (Å²) in [6.07, 6.45) is 1.05. The van der Waals surface area contributed by atoms with E-state index in [1.54, 1.807) is 24.3 Å². The Labute approximate surface area is 185 Å². The van der Waals surface area contributed by atoms with Crippen molar-refractivity contribution < 1.29 is 14.6 Å². The predicted octanol–water partition coefficient (Wildman–Crippen LogP) is 3.95. The second-order valence-electron chi connectivity index (χ2n) is 6.71. The third-order valence-corrected chi connectivity index (χ3v) is 4.65. The minimum absolute atomic E-state index is 0.197. The number of carbonyl (C=O) groups is 1. The third-order valence-electron chi connectivity index (χ3n) is 4.65. The number of nitro benzene ring substituents is 1. The fourth-order valence-electron chi connectivity index (χ4n) is 3.18. The first-order valence-corrected chi connectivity index (χ1v) is 9.49. The van der Waals surface area contributed by atoms with Gasteiger partial charge in [-0.2, -0.15) is 0 Å². The van der Waals surface area contributed by atoms with Crippen LogP contribution < -0.4 is 16.2 Å². The molecule has 12 heteroatoms. The van der Waals surface area contributed by atoms with Gasteiger partial charge in [0.1, 0.15) is 6.33 Å². The fraction of sp³-hybridized carbons (Fsp3) is 0. The lowest BCUT2D eigenvalue weighted by atomic mass is 10.0. The van der Waals surface area contributed by atoms with Crippen molar-refractivity contribution in [2.24, 2.45) is 0 Å². The Kier molecular flexibility index (Phi) is 5.72. The van der Waals surface area contributed by atoms with Crippen molar-refractivity contribution in [2.75, 3.05) is 10.7 Å². The molecule has 3 N–H and O–H groups in total. The molecule has 0 spiro atoms. The first-order valence-electron chi connectivity index (χ1n) is 9.49. The maximum absolute atomic E-state index is 12.7. The van der Waals surface area contributed by atoms with Crippen LogP contribution in [-0.4, -0.2) is 25.7 Å². The standard InChI is InChI=1S/C21H15N7O5/c29-21(17-10-3-6-13-5-1-2-9-16(13)17)26-25-20-18(28(32)33)19(22-12-23-20)24-14-7-4-8-15(11-14)27(30)31/h1-12H,(H,26,29)(H2,22,23,24,25). The zero-order valence-electron chi connectivity index (χ0n) is 16.8. The summed E-state index contributed by atoms with van der Waals surface area (Å²) in [5.41, 5.74) is 4.73. The van der Waals surface area contributed by atoms with Gasteiger partial charge in [-0.25, -0.2) is 9.97 Å². The first-order chi connectivity index (χ1) is 15.9. The maximum Gasteiger partial charge on any atom is 0.355 e. The molecule has 0 unspecified atom stereocenters. The van der Waals surface area contributed by atoms with Crippen LogP contribution in [0.4, 0.5) is 28.7 Å². The maximum atomic E-state index is 12.7. The molecule has 4 aromatic rings. The molecule has 1 heterocycles. The number of fused-ring (bicyclic) bond motifs is 1. The molecule has 0 saturated heterocycles. The largest absolute Gasteiger partial charge is 0.355 e. The van der Waals surface area contributed by atoms with Gasteiger partial charge in [-0.05, 0) is 22.9 Å². The first kappa shape index (κ1) is 21.1. The fourth-order valence-corrected chi connectivity index (χ4v) is 3.18. The van der Waals surface area contributed by atoms with E-state index in [1.165, 1.54) is 24.3 Å². The Morgan fingerprint density at radius 3 is 2.36 bits per heavy atom. The van der Waals surface area contributed by atoms with E-state index in [2.05, 4.69) is 26.1 Å². The molecule has 0 fully saturated rings. The summed E-state index contributed by atoms with van der Waals surface area (Å²) in [5, 5.41) is 27.0. The Balaban J connectivity index is 1.59. The van der Waals surface area contributed by atoms with Gasteiger partial charge in [0.15, 0.2) is 0 Å². The molecule has 1 aromatic heterocycles. The Hall–Kier alpha value is -5.13. The molecule has 12 nitrogen and oxygen atoms in total. The number of rotatable bonds is 7. The van der Waals surface area contributed by atoms with Crippen LogP contribution in [0.2, 0.25) is 0 Å². The van der Waals surface area contributed by atoms with Crippen molar-refractivity contribution in [3.05, 3.63) is 98.8 Å². The molecule has 0 bridgehead atoms. The van der Waals surface area contributed by atoms with Crippen molar-refractivity contribution in [2.45, 2.75) is 0 Å². The highest BCUT2D eigenvalue weighted by molar-refractivity contribution is 6.07. The topological polar surface area (TPSA) is 165 Å². The molecule has 164 valence electrons. The normalized spacial score (nSPS) is 10.4. The van der Waals surface area contributed by atoms with Crippen LogP contribution in [0.5, 0.6) is 0 Å². The highest BCUT2D eigenvalue weighted by Gasteiger charge is 2.24. The summed E-state index contributed by atoms with van der Waals surface area (Å²) in [4.78, 5) is 41.8. The van der Waals surface area contributed by atoms with Gasteiger partial charge in [0, 0.05) is 23.4 Å². The SMILES string of the molecule is O=C(NNc1ncnc(Nc2cccc([N+](=O)[O-])c2)c1[N+](=O)[O-])c1cccc2ccccc12. The van der Waals surface area contributed by atoms with Gasteiger partial charge < -0.3 is 5.32 Å². The number of hydrogen-bond donors (Lipinski definition) is 3. The minimum atomic E-state index is -0.730. The zero-order chi connectivity index (χ0) is 23.4. The van der Waals surface area contributed by atoms with Gasteiger partial charge >= 0.3 is 5.69 Å². The lowest BCUT2D eigenvalue weighted by Crippen LogP contribution is -2.30. The van der Waals surface area contributed by atoms with Gasteiger partial charge in [0.05, 0.1) is 9.85 Å². The number of amides is 1. The molecule has 0 aliphatic carbocycles. The Morgan fingerprint density at radius 1 is 0.848 bits per heavy atom. The van der Waals surface area contributed by atoms with E-state index in [0.717, 1.165) is 11.7 Å². The summed E-state index contributed by atoms with van der Waals surface area (Å²) in [5.74, 6) is -0.998. The molecule has 0 aliphatic rings. The number of non-ortho nitro benzene ring substituents is 1. The van der Waals surface area contributed by atoms with Crippen molar-refractivity contribution in [1.82, 2.24) is 15.4 Å². The number of anilines is 3. The monoisotopic (exact) mass is 445 g/mol. The van der Waals surface area contributed by atoms with E-state index in [0.29, 0.717) is 10.9 Å². The highest BCUT2D eigenvalue weighted by atomic mass is 16.6. The Morgan fingerprint density at radius 2 is 1.58 bits per heavy atom. The van der Waals surface area contributed by atoms with E-state index in [9.17, 15) is 25.0 Å². The number of hydrogen-bond acceptors (Lipinski definition) is 9. The lowest BCUT2D eigenvalue weighted by molar-refractivity contribution is -0.384. The van der Waals surface area contributed by atoms with Gasteiger partial charge in [-0.15, -0.1) is 0 Å². The second kappa shape index (κ2) is 8.93. The molecule has 3 aromatic carbocycles. The van der Waals surface area contributed by atoms with E-state index >= 15 is 0 Å². The average Bonchev–Trinajstić information content (AvgIpc) is 2.82. The van der Waals surface area contributed by atoms with E-state index in [1.807, 2.05) is 18.2 Å². The van der Waals surface area contributed by atoms with Crippen molar-refractivity contribution >= 4 is 45.4 Å². The van der Waals surface area contributed by atoms with Gasteiger partial charge in [-0.1, -0.05) is 42.5 Å². The molecule has 4 rings (SSSR count). The van der Waals surface area contributed by atoms with Gasteiger partial charge in [0.25, 0.3) is 11.6 Å². The molecule has 33 heavy (non-hydrogen) atoms. The smallest absolute Gasteiger partial charge is 0.334 e. The second-order valence-corrected chi connectivity index (χ2v) is 6.71. The zero-order valence-corrected chi connectivity index (χ0v) is 16.8. The van der Waals surface area contributed by atoms with Crippen LogP contribution in [-0.2, 0) is 0 Å². The number of carbonyl (C=O) groups excluding carboxylic acids is 1. The molecular weight excluding hydrogens is 430 g/mol. The van der Waals surface area contributed by atoms with Gasteiger partial charge in [-0.3, -0.25) is 35.9 Å². The molecular formula is C21H15N7O5. The van der Waals surface area contributed by atoms with Gasteiger partial charge in [0.2, 0.25) is 11.6 Å². The van der Waals surface area contributed by atoms with Crippen LogP contribution >= 0.6 is 0 Å². The number of benzene rings is 3. The lowest BCUT2D eigenvalue weighted by Gasteiger charge is -2.12. The number of nitrogens with one attached hydrogen (secondary N) is 3. The van der Waals surface area contributed by atoms with Crippen molar-refractivity contribution in [3.63, 3.8) is 0 Å². The molecule has 0 radical (unpaired) electrons. The Bertz CT molecular complexity index is 1390. The number of nitro groups is 2. The van der Waals surface area contributed by atoms with Crippen LogP contribution in [0.25, 0.3) is 10.8 Å². The number of hydrazine groups is 1. The van der Waals surface area contributed by atoms with E-state index in [4.69, 9.17) is 0 Å². The van der Waals surface area contributed by atoms with Crippen LogP contribution in [0.1, 0.15) is 10.4 Å². The van der Waals surface area contributed by atoms with Crippen molar-refractivity contribution in [3.8, 4) is 0 Å². The van der Waals surface area contributed by atoms with Crippen LogP contribution in [0.15, 0.2) is 73.1 Å².